The van der Waals surface area contributed by atoms with E-state index in [9.17, 15) is 4.79 Å². The number of rotatable bonds is 9. The second kappa shape index (κ2) is 10.5. The second-order valence-corrected chi connectivity index (χ2v) is 6.63. The first-order valence-electron chi connectivity index (χ1n) is 9.44. The van der Waals surface area contributed by atoms with Crippen LogP contribution in [0, 0.1) is 0 Å². The first-order chi connectivity index (χ1) is 14.2. The number of carbonyl (C=O) groups is 1. The molecule has 0 fully saturated rings. The predicted octanol–water partition coefficient (Wildman–Crippen LogP) is 5.76. The standard InChI is InChI=1S/C24H23ClO4/c1-2-27-24(26)21-14-22(28-16-18-9-5-3-6-10-18)20(15-25)13-23(21)29-17-19-11-7-4-8-12-19/h3-14H,2,15-17H2,1H3. The smallest absolute Gasteiger partial charge is 0.342 e. The molecule has 0 saturated carbocycles. The van der Waals surface area contributed by atoms with Crippen LogP contribution in [-0.4, -0.2) is 12.6 Å². The molecule has 0 aliphatic heterocycles. The van der Waals surface area contributed by atoms with Crippen molar-refractivity contribution in [3.8, 4) is 11.5 Å². The predicted molar refractivity (Wildman–Crippen MR) is 114 cm³/mol. The van der Waals surface area contributed by atoms with Crippen molar-refractivity contribution in [1.29, 1.82) is 0 Å². The summed E-state index contributed by atoms with van der Waals surface area (Å²) < 4.78 is 17.1. The Kier molecular flexibility index (Phi) is 7.54. The van der Waals surface area contributed by atoms with E-state index in [4.69, 9.17) is 25.8 Å². The number of alkyl halides is 1. The van der Waals surface area contributed by atoms with Crippen LogP contribution in [0.15, 0.2) is 72.8 Å². The lowest BCUT2D eigenvalue weighted by Gasteiger charge is -2.16. The molecule has 150 valence electrons. The molecule has 29 heavy (non-hydrogen) atoms. The average molecular weight is 411 g/mol. The molecule has 0 heterocycles. The summed E-state index contributed by atoms with van der Waals surface area (Å²) in [5, 5.41) is 0. The molecule has 0 spiro atoms. The number of hydrogen-bond acceptors (Lipinski definition) is 4. The van der Waals surface area contributed by atoms with Crippen molar-refractivity contribution in [2.24, 2.45) is 0 Å². The van der Waals surface area contributed by atoms with Gasteiger partial charge in [-0.1, -0.05) is 60.7 Å². The molecule has 5 heteroatoms. The van der Waals surface area contributed by atoms with Crippen molar-refractivity contribution in [1.82, 2.24) is 0 Å². The fourth-order valence-corrected chi connectivity index (χ4v) is 3.01. The summed E-state index contributed by atoms with van der Waals surface area (Å²) in [4.78, 5) is 12.5. The summed E-state index contributed by atoms with van der Waals surface area (Å²) in [6.07, 6.45) is 0. The summed E-state index contributed by atoms with van der Waals surface area (Å²) in [6, 6.07) is 23.0. The molecule has 0 radical (unpaired) electrons. The fraction of sp³-hybridized carbons (Fsp3) is 0.208. The third-order valence-corrected chi connectivity index (χ3v) is 4.56. The zero-order chi connectivity index (χ0) is 20.5. The molecular formula is C24H23ClO4. The van der Waals surface area contributed by atoms with E-state index in [0.29, 0.717) is 30.3 Å². The zero-order valence-corrected chi connectivity index (χ0v) is 17.0. The molecular weight excluding hydrogens is 388 g/mol. The Morgan fingerprint density at radius 1 is 0.828 bits per heavy atom. The van der Waals surface area contributed by atoms with Gasteiger partial charge in [0.05, 0.1) is 12.5 Å². The quantitative estimate of drug-likeness (QED) is 0.332. The van der Waals surface area contributed by atoms with Crippen LogP contribution in [0.4, 0.5) is 0 Å². The maximum absolute atomic E-state index is 12.5. The lowest BCUT2D eigenvalue weighted by atomic mass is 10.1. The number of carbonyl (C=O) groups excluding carboxylic acids is 1. The lowest BCUT2D eigenvalue weighted by molar-refractivity contribution is 0.0520. The Labute approximate surface area is 176 Å². The van der Waals surface area contributed by atoms with Gasteiger partial charge in [0, 0.05) is 5.56 Å². The van der Waals surface area contributed by atoms with Crippen molar-refractivity contribution in [3.05, 3.63) is 95.1 Å². The van der Waals surface area contributed by atoms with Crippen molar-refractivity contribution in [2.45, 2.75) is 26.0 Å². The minimum Gasteiger partial charge on any atom is -0.489 e. The van der Waals surface area contributed by atoms with E-state index >= 15 is 0 Å². The summed E-state index contributed by atoms with van der Waals surface area (Å²) in [5.41, 5.74) is 3.09. The molecule has 0 bridgehead atoms. The SMILES string of the molecule is CCOC(=O)c1cc(OCc2ccccc2)c(CCl)cc1OCc1ccccc1. The highest BCUT2D eigenvalue weighted by atomic mass is 35.5. The zero-order valence-electron chi connectivity index (χ0n) is 16.3. The number of benzene rings is 3. The molecule has 0 atom stereocenters. The van der Waals surface area contributed by atoms with Gasteiger partial charge in [0.25, 0.3) is 0 Å². The maximum atomic E-state index is 12.5. The van der Waals surface area contributed by atoms with Gasteiger partial charge in [-0.2, -0.15) is 0 Å². The number of halogens is 1. The molecule has 3 rings (SSSR count). The van der Waals surface area contributed by atoms with Crippen molar-refractivity contribution in [3.63, 3.8) is 0 Å². The van der Waals surface area contributed by atoms with Gasteiger partial charge < -0.3 is 14.2 Å². The van der Waals surface area contributed by atoms with Gasteiger partial charge in [0.15, 0.2) is 0 Å². The van der Waals surface area contributed by atoms with E-state index < -0.39 is 5.97 Å². The molecule has 0 N–H and O–H groups in total. The van der Waals surface area contributed by atoms with Gasteiger partial charge in [0.1, 0.15) is 30.3 Å². The van der Waals surface area contributed by atoms with E-state index in [1.54, 1.807) is 19.1 Å². The second-order valence-electron chi connectivity index (χ2n) is 6.36. The molecule has 3 aromatic rings. The van der Waals surface area contributed by atoms with Gasteiger partial charge in [-0.3, -0.25) is 0 Å². The van der Waals surface area contributed by atoms with Crippen LogP contribution < -0.4 is 9.47 Å². The van der Waals surface area contributed by atoms with E-state index in [1.807, 2.05) is 60.7 Å². The Morgan fingerprint density at radius 3 is 1.90 bits per heavy atom. The summed E-state index contributed by atoms with van der Waals surface area (Å²) in [7, 11) is 0. The van der Waals surface area contributed by atoms with Crippen LogP contribution in [-0.2, 0) is 23.8 Å². The third kappa shape index (κ3) is 5.75. The Balaban J connectivity index is 1.86. The lowest BCUT2D eigenvalue weighted by Crippen LogP contribution is -2.10. The van der Waals surface area contributed by atoms with Crippen LogP contribution >= 0.6 is 11.6 Å². The Hall–Kier alpha value is -2.98. The molecule has 0 amide bonds. The van der Waals surface area contributed by atoms with Crippen LogP contribution in [0.2, 0.25) is 0 Å². The van der Waals surface area contributed by atoms with Crippen molar-refractivity contribution < 1.29 is 19.0 Å². The van der Waals surface area contributed by atoms with E-state index in [0.717, 1.165) is 16.7 Å². The highest BCUT2D eigenvalue weighted by Crippen LogP contribution is 2.32. The maximum Gasteiger partial charge on any atom is 0.342 e. The minimum absolute atomic E-state index is 0.231. The monoisotopic (exact) mass is 410 g/mol. The van der Waals surface area contributed by atoms with Gasteiger partial charge in [-0.25, -0.2) is 4.79 Å². The van der Waals surface area contributed by atoms with E-state index in [-0.39, 0.29) is 12.5 Å². The van der Waals surface area contributed by atoms with Gasteiger partial charge >= 0.3 is 5.97 Å². The van der Waals surface area contributed by atoms with Crippen LogP contribution in [0.1, 0.15) is 34.0 Å². The van der Waals surface area contributed by atoms with Gasteiger partial charge in [-0.05, 0) is 30.2 Å². The molecule has 4 nitrogen and oxygen atoms in total. The molecule has 0 aromatic heterocycles. The van der Waals surface area contributed by atoms with Gasteiger partial charge in [-0.15, -0.1) is 11.6 Å². The van der Waals surface area contributed by atoms with Crippen LogP contribution in [0.5, 0.6) is 11.5 Å². The number of hydrogen-bond donors (Lipinski definition) is 0. The summed E-state index contributed by atoms with van der Waals surface area (Å²) in [5.74, 6) is 0.741. The van der Waals surface area contributed by atoms with Crippen molar-refractivity contribution in [2.75, 3.05) is 6.61 Å². The van der Waals surface area contributed by atoms with Crippen LogP contribution in [0.3, 0.4) is 0 Å². The average Bonchev–Trinajstić information content (AvgIpc) is 2.77. The first-order valence-corrected chi connectivity index (χ1v) is 9.98. The third-order valence-electron chi connectivity index (χ3n) is 4.28. The highest BCUT2D eigenvalue weighted by Gasteiger charge is 2.19. The fourth-order valence-electron chi connectivity index (χ4n) is 2.80. The number of esters is 1. The first kappa shape index (κ1) is 20.7. The highest BCUT2D eigenvalue weighted by molar-refractivity contribution is 6.17. The molecule has 0 unspecified atom stereocenters. The molecule has 3 aromatic carbocycles. The largest absolute Gasteiger partial charge is 0.489 e. The molecule has 0 saturated heterocycles. The van der Waals surface area contributed by atoms with E-state index in [2.05, 4.69) is 0 Å². The molecule has 0 aliphatic carbocycles. The number of ether oxygens (including phenoxy) is 3. The minimum atomic E-state index is -0.457. The normalized spacial score (nSPS) is 10.4. The Morgan fingerprint density at radius 2 is 1.38 bits per heavy atom. The summed E-state index contributed by atoms with van der Waals surface area (Å²) in [6.45, 7) is 2.74. The van der Waals surface area contributed by atoms with Crippen molar-refractivity contribution >= 4 is 17.6 Å². The Bertz CT molecular complexity index is 926. The van der Waals surface area contributed by atoms with E-state index in [1.165, 1.54) is 0 Å². The van der Waals surface area contributed by atoms with Crippen LogP contribution in [0.25, 0.3) is 0 Å². The van der Waals surface area contributed by atoms with Gasteiger partial charge in [0.2, 0.25) is 0 Å². The topological polar surface area (TPSA) is 44.8 Å². The molecule has 0 aliphatic rings. The summed E-state index contributed by atoms with van der Waals surface area (Å²) >= 11 is 6.14.